The summed E-state index contributed by atoms with van der Waals surface area (Å²) in [5.41, 5.74) is 2.04. The standard InChI is InChI=1S/C14H10Br2N2/c15-13-5-1-11(2-6-13)9-17-18-10-12-3-7-14(16)8-4-12/h1-10H/b17-9+,18-10+. The highest BCUT2D eigenvalue weighted by Gasteiger charge is 1.88. The lowest BCUT2D eigenvalue weighted by atomic mass is 10.2. The summed E-state index contributed by atoms with van der Waals surface area (Å²) in [5.74, 6) is 0. The van der Waals surface area contributed by atoms with Crippen LogP contribution in [0.1, 0.15) is 11.1 Å². The van der Waals surface area contributed by atoms with Gasteiger partial charge in [-0.3, -0.25) is 0 Å². The average molecular weight is 366 g/mol. The zero-order valence-electron chi connectivity index (χ0n) is 9.42. The van der Waals surface area contributed by atoms with Crippen molar-refractivity contribution in [2.45, 2.75) is 0 Å². The van der Waals surface area contributed by atoms with Crippen LogP contribution in [-0.4, -0.2) is 12.4 Å². The maximum atomic E-state index is 4.01. The van der Waals surface area contributed by atoms with Gasteiger partial charge in [0.25, 0.3) is 0 Å². The van der Waals surface area contributed by atoms with Crippen molar-refractivity contribution in [1.82, 2.24) is 0 Å². The highest BCUT2D eigenvalue weighted by atomic mass is 79.9. The molecule has 0 spiro atoms. The summed E-state index contributed by atoms with van der Waals surface area (Å²) in [6.07, 6.45) is 3.45. The van der Waals surface area contributed by atoms with Crippen molar-refractivity contribution in [3.05, 3.63) is 68.6 Å². The van der Waals surface area contributed by atoms with Gasteiger partial charge in [0.15, 0.2) is 0 Å². The first-order chi connectivity index (χ1) is 8.74. The third kappa shape index (κ3) is 4.20. The second-order valence-electron chi connectivity index (χ2n) is 3.59. The number of benzene rings is 2. The van der Waals surface area contributed by atoms with Gasteiger partial charge in [-0.2, -0.15) is 10.2 Å². The van der Waals surface area contributed by atoms with Crippen molar-refractivity contribution in [3.63, 3.8) is 0 Å². The Labute approximate surface area is 123 Å². The van der Waals surface area contributed by atoms with Gasteiger partial charge >= 0.3 is 0 Å². The Balaban J connectivity index is 1.98. The Bertz CT molecular complexity index is 504. The van der Waals surface area contributed by atoms with Gasteiger partial charge in [-0.15, -0.1) is 0 Å². The van der Waals surface area contributed by atoms with E-state index in [1.54, 1.807) is 12.4 Å². The largest absolute Gasteiger partial charge is 0.159 e. The van der Waals surface area contributed by atoms with Gasteiger partial charge in [0.2, 0.25) is 0 Å². The molecule has 2 rings (SSSR count). The topological polar surface area (TPSA) is 24.7 Å². The van der Waals surface area contributed by atoms with Crippen LogP contribution in [0.15, 0.2) is 67.7 Å². The Hall–Kier alpha value is -1.26. The van der Waals surface area contributed by atoms with Crippen LogP contribution in [0.2, 0.25) is 0 Å². The maximum Gasteiger partial charge on any atom is 0.0568 e. The molecule has 0 aliphatic carbocycles. The monoisotopic (exact) mass is 364 g/mol. The van der Waals surface area contributed by atoms with E-state index in [1.807, 2.05) is 48.5 Å². The van der Waals surface area contributed by atoms with E-state index in [0.29, 0.717) is 0 Å². The summed E-state index contributed by atoms with van der Waals surface area (Å²) >= 11 is 6.77. The molecule has 0 saturated carbocycles. The van der Waals surface area contributed by atoms with Crippen LogP contribution in [0.4, 0.5) is 0 Å². The molecule has 0 fully saturated rings. The van der Waals surface area contributed by atoms with Crippen molar-refractivity contribution >= 4 is 44.3 Å². The van der Waals surface area contributed by atoms with Crippen LogP contribution < -0.4 is 0 Å². The van der Waals surface area contributed by atoms with Crippen LogP contribution in [0.5, 0.6) is 0 Å². The zero-order valence-corrected chi connectivity index (χ0v) is 12.6. The molecular weight excluding hydrogens is 356 g/mol. The Morgan fingerprint density at radius 3 is 1.28 bits per heavy atom. The molecule has 0 aromatic heterocycles. The molecule has 0 atom stereocenters. The molecule has 0 amide bonds. The highest BCUT2D eigenvalue weighted by molar-refractivity contribution is 9.10. The van der Waals surface area contributed by atoms with Crippen LogP contribution in [0.25, 0.3) is 0 Å². The van der Waals surface area contributed by atoms with Crippen molar-refractivity contribution in [1.29, 1.82) is 0 Å². The Kier molecular flexibility index (Phi) is 4.84. The van der Waals surface area contributed by atoms with Crippen molar-refractivity contribution in [2.24, 2.45) is 10.2 Å². The first kappa shape index (κ1) is 13.2. The van der Waals surface area contributed by atoms with Gasteiger partial charge in [0.1, 0.15) is 0 Å². The lowest BCUT2D eigenvalue weighted by Gasteiger charge is -1.92. The van der Waals surface area contributed by atoms with E-state index in [2.05, 4.69) is 42.1 Å². The summed E-state index contributed by atoms with van der Waals surface area (Å²) in [6.45, 7) is 0. The number of halogens is 2. The minimum Gasteiger partial charge on any atom is -0.159 e. The summed E-state index contributed by atoms with van der Waals surface area (Å²) in [5, 5.41) is 8.01. The molecule has 0 aliphatic heterocycles. The third-order valence-corrected chi connectivity index (χ3v) is 3.28. The molecule has 0 unspecified atom stereocenters. The smallest absolute Gasteiger partial charge is 0.0568 e. The van der Waals surface area contributed by atoms with Gasteiger partial charge in [0.05, 0.1) is 12.4 Å². The fourth-order valence-electron chi connectivity index (χ4n) is 1.30. The molecule has 0 aliphatic rings. The lowest BCUT2D eigenvalue weighted by Crippen LogP contribution is -1.81. The van der Waals surface area contributed by atoms with E-state index in [-0.39, 0.29) is 0 Å². The minimum absolute atomic E-state index is 1.02. The molecule has 0 N–H and O–H groups in total. The Morgan fingerprint density at radius 1 is 0.611 bits per heavy atom. The van der Waals surface area contributed by atoms with Crippen LogP contribution in [0, 0.1) is 0 Å². The summed E-state index contributed by atoms with van der Waals surface area (Å²) in [7, 11) is 0. The van der Waals surface area contributed by atoms with Gasteiger partial charge in [-0.05, 0) is 35.4 Å². The molecule has 0 bridgehead atoms. The number of rotatable bonds is 3. The van der Waals surface area contributed by atoms with Gasteiger partial charge in [-0.1, -0.05) is 56.1 Å². The van der Waals surface area contributed by atoms with E-state index in [9.17, 15) is 0 Å². The molecular formula is C14H10Br2N2. The fraction of sp³-hybridized carbons (Fsp3) is 0. The van der Waals surface area contributed by atoms with Crippen molar-refractivity contribution in [3.8, 4) is 0 Å². The zero-order chi connectivity index (χ0) is 12.8. The SMILES string of the molecule is Brc1ccc(/C=N/N=C/c2ccc(Br)cc2)cc1. The second kappa shape index (κ2) is 6.61. The molecule has 2 aromatic carbocycles. The minimum atomic E-state index is 1.02. The lowest BCUT2D eigenvalue weighted by molar-refractivity contribution is 1.26. The van der Waals surface area contributed by atoms with E-state index < -0.39 is 0 Å². The highest BCUT2D eigenvalue weighted by Crippen LogP contribution is 2.10. The molecule has 0 radical (unpaired) electrons. The van der Waals surface area contributed by atoms with E-state index in [4.69, 9.17) is 0 Å². The summed E-state index contributed by atoms with van der Waals surface area (Å²) < 4.78 is 2.11. The molecule has 18 heavy (non-hydrogen) atoms. The number of nitrogens with zero attached hydrogens (tertiary/aromatic N) is 2. The molecule has 0 heterocycles. The van der Waals surface area contributed by atoms with Gasteiger partial charge in [-0.25, -0.2) is 0 Å². The molecule has 90 valence electrons. The first-order valence-electron chi connectivity index (χ1n) is 5.31. The fourth-order valence-corrected chi connectivity index (χ4v) is 1.83. The molecule has 4 heteroatoms. The van der Waals surface area contributed by atoms with Crippen LogP contribution >= 0.6 is 31.9 Å². The number of hydrogen-bond acceptors (Lipinski definition) is 2. The first-order valence-corrected chi connectivity index (χ1v) is 6.90. The van der Waals surface area contributed by atoms with E-state index in [0.717, 1.165) is 20.1 Å². The van der Waals surface area contributed by atoms with Gasteiger partial charge < -0.3 is 0 Å². The van der Waals surface area contributed by atoms with E-state index >= 15 is 0 Å². The summed E-state index contributed by atoms with van der Waals surface area (Å²) in [4.78, 5) is 0. The normalized spacial score (nSPS) is 11.4. The van der Waals surface area contributed by atoms with Crippen LogP contribution in [-0.2, 0) is 0 Å². The summed E-state index contributed by atoms with van der Waals surface area (Å²) in [6, 6.07) is 15.8. The maximum absolute atomic E-state index is 4.01. The van der Waals surface area contributed by atoms with Crippen molar-refractivity contribution < 1.29 is 0 Å². The molecule has 0 saturated heterocycles. The number of hydrogen-bond donors (Lipinski definition) is 0. The van der Waals surface area contributed by atoms with E-state index in [1.165, 1.54) is 0 Å². The second-order valence-corrected chi connectivity index (χ2v) is 5.42. The van der Waals surface area contributed by atoms with Crippen LogP contribution in [0.3, 0.4) is 0 Å². The predicted octanol–water partition coefficient (Wildman–Crippen LogP) is 4.66. The average Bonchev–Trinajstić information content (AvgIpc) is 2.39. The van der Waals surface area contributed by atoms with Crippen molar-refractivity contribution in [2.75, 3.05) is 0 Å². The molecule has 2 aromatic rings. The quantitative estimate of drug-likeness (QED) is 0.558. The third-order valence-electron chi connectivity index (χ3n) is 2.22. The Morgan fingerprint density at radius 2 is 0.944 bits per heavy atom. The van der Waals surface area contributed by atoms with Gasteiger partial charge in [0, 0.05) is 8.95 Å². The predicted molar refractivity (Wildman–Crippen MR) is 83.5 cm³/mol. The molecule has 2 nitrogen and oxygen atoms in total.